The lowest BCUT2D eigenvalue weighted by Crippen LogP contribution is -2.16. The SMILES string of the molecule is FC(F)c1nc(NCc2ccnc(OC3CCOC3)c2)c2ccccc2n1. The van der Waals surface area contributed by atoms with Gasteiger partial charge in [0.2, 0.25) is 5.88 Å². The fourth-order valence-corrected chi connectivity index (χ4v) is 2.91. The van der Waals surface area contributed by atoms with Gasteiger partial charge >= 0.3 is 0 Å². The first kappa shape index (κ1) is 17.5. The molecule has 0 saturated carbocycles. The normalized spacial score (nSPS) is 16.8. The number of benzene rings is 1. The lowest BCUT2D eigenvalue weighted by atomic mass is 10.2. The Labute approximate surface area is 154 Å². The van der Waals surface area contributed by atoms with Crippen LogP contribution in [0, 0.1) is 0 Å². The Morgan fingerprint density at radius 2 is 2.11 bits per heavy atom. The van der Waals surface area contributed by atoms with Gasteiger partial charge in [0.05, 0.1) is 18.7 Å². The first-order valence-electron chi connectivity index (χ1n) is 8.67. The van der Waals surface area contributed by atoms with Crippen LogP contribution in [0.5, 0.6) is 5.88 Å². The molecule has 0 radical (unpaired) electrons. The predicted octanol–water partition coefficient (Wildman–Crippen LogP) is 3.74. The molecule has 1 N–H and O–H groups in total. The van der Waals surface area contributed by atoms with Crippen molar-refractivity contribution in [2.45, 2.75) is 25.5 Å². The zero-order valence-corrected chi connectivity index (χ0v) is 14.4. The Hall–Kier alpha value is -2.87. The van der Waals surface area contributed by atoms with Crippen LogP contribution in [0.1, 0.15) is 24.2 Å². The first-order valence-corrected chi connectivity index (χ1v) is 8.67. The Morgan fingerprint density at radius 3 is 2.93 bits per heavy atom. The molecule has 3 heterocycles. The summed E-state index contributed by atoms with van der Waals surface area (Å²) in [7, 11) is 0. The van der Waals surface area contributed by atoms with E-state index in [1.807, 2.05) is 18.2 Å². The number of anilines is 1. The van der Waals surface area contributed by atoms with Gasteiger partial charge in [0, 0.05) is 30.6 Å². The number of hydrogen-bond donors (Lipinski definition) is 1. The van der Waals surface area contributed by atoms with E-state index in [9.17, 15) is 8.78 Å². The zero-order valence-electron chi connectivity index (χ0n) is 14.4. The van der Waals surface area contributed by atoms with Gasteiger partial charge in [-0.25, -0.2) is 23.7 Å². The number of rotatable bonds is 6. The number of alkyl halides is 2. The highest BCUT2D eigenvalue weighted by Gasteiger charge is 2.18. The molecule has 4 rings (SSSR count). The molecule has 0 aliphatic carbocycles. The third-order valence-corrected chi connectivity index (χ3v) is 4.25. The van der Waals surface area contributed by atoms with Crippen LogP contribution in [-0.2, 0) is 11.3 Å². The number of fused-ring (bicyclic) bond motifs is 1. The minimum absolute atomic E-state index is 0.0140. The zero-order chi connectivity index (χ0) is 18.6. The van der Waals surface area contributed by atoms with E-state index in [1.54, 1.807) is 24.4 Å². The van der Waals surface area contributed by atoms with Gasteiger partial charge in [-0.1, -0.05) is 12.1 Å². The topological polar surface area (TPSA) is 69.2 Å². The third-order valence-electron chi connectivity index (χ3n) is 4.25. The minimum atomic E-state index is -2.73. The molecule has 1 fully saturated rings. The third kappa shape index (κ3) is 4.11. The van der Waals surface area contributed by atoms with Crippen molar-refractivity contribution in [1.82, 2.24) is 15.0 Å². The lowest BCUT2D eigenvalue weighted by Gasteiger charge is -2.13. The largest absolute Gasteiger partial charge is 0.472 e. The summed E-state index contributed by atoms with van der Waals surface area (Å²) in [5.41, 5.74) is 1.38. The number of para-hydroxylation sites is 1. The van der Waals surface area contributed by atoms with E-state index in [2.05, 4.69) is 20.3 Å². The van der Waals surface area contributed by atoms with Crippen LogP contribution in [0.15, 0.2) is 42.6 Å². The lowest BCUT2D eigenvalue weighted by molar-refractivity contribution is 0.138. The van der Waals surface area contributed by atoms with Crippen LogP contribution in [0.4, 0.5) is 14.6 Å². The number of hydrogen-bond acceptors (Lipinski definition) is 6. The predicted molar refractivity (Wildman–Crippen MR) is 95.9 cm³/mol. The summed E-state index contributed by atoms with van der Waals surface area (Å²) in [5.74, 6) is 0.404. The first-order chi connectivity index (χ1) is 13.2. The van der Waals surface area contributed by atoms with Gasteiger partial charge in [-0.15, -0.1) is 0 Å². The molecule has 1 atom stereocenters. The van der Waals surface area contributed by atoms with Crippen LogP contribution in [-0.4, -0.2) is 34.3 Å². The van der Waals surface area contributed by atoms with Gasteiger partial charge in [-0.05, 0) is 23.8 Å². The van der Waals surface area contributed by atoms with Crippen molar-refractivity contribution in [3.8, 4) is 5.88 Å². The number of aromatic nitrogens is 3. The number of ether oxygens (including phenoxy) is 2. The molecule has 1 unspecified atom stereocenters. The van der Waals surface area contributed by atoms with E-state index in [-0.39, 0.29) is 6.10 Å². The van der Waals surface area contributed by atoms with Crippen LogP contribution >= 0.6 is 0 Å². The number of nitrogens with zero attached hydrogens (tertiary/aromatic N) is 3. The summed E-state index contributed by atoms with van der Waals surface area (Å²) >= 11 is 0. The van der Waals surface area contributed by atoms with Crippen molar-refractivity contribution in [2.75, 3.05) is 18.5 Å². The second-order valence-corrected chi connectivity index (χ2v) is 6.21. The molecule has 6 nitrogen and oxygen atoms in total. The standard InChI is InChI=1S/C19H18F2N4O2/c20-17(21)19-24-15-4-2-1-3-14(15)18(25-19)23-10-12-5-7-22-16(9-12)27-13-6-8-26-11-13/h1-5,7,9,13,17H,6,8,10-11H2,(H,23,24,25). The number of nitrogens with one attached hydrogen (secondary N) is 1. The highest BCUT2D eigenvalue weighted by molar-refractivity contribution is 5.89. The molecule has 1 aliphatic heterocycles. The molecule has 0 bridgehead atoms. The molecular weight excluding hydrogens is 354 g/mol. The van der Waals surface area contributed by atoms with E-state index >= 15 is 0 Å². The van der Waals surface area contributed by atoms with Gasteiger partial charge in [0.1, 0.15) is 11.9 Å². The molecule has 3 aromatic rings. The minimum Gasteiger partial charge on any atom is -0.472 e. The van der Waals surface area contributed by atoms with Crippen molar-refractivity contribution in [1.29, 1.82) is 0 Å². The molecule has 1 aromatic carbocycles. The summed E-state index contributed by atoms with van der Waals surface area (Å²) in [4.78, 5) is 12.1. The van der Waals surface area contributed by atoms with Gasteiger partial charge < -0.3 is 14.8 Å². The maximum Gasteiger partial charge on any atom is 0.297 e. The average Bonchev–Trinajstić information content (AvgIpc) is 3.19. The Kier molecular flexibility index (Phi) is 5.06. The second-order valence-electron chi connectivity index (χ2n) is 6.21. The van der Waals surface area contributed by atoms with Crippen molar-refractivity contribution < 1.29 is 18.3 Å². The Morgan fingerprint density at radius 1 is 1.22 bits per heavy atom. The summed E-state index contributed by atoms with van der Waals surface area (Å²) in [6.07, 6.45) is -0.219. The van der Waals surface area contributed by atoms with Crippen molar-refractivity contribution >= 4 is 16.7 Å². The fourth-order valence-electron chi connectivity index (χ4n) is 2.91. The smallest absolute Gasteiger partial charge is 0.297 e. The van der Waals surface area contributed by atoms with E-state index in [0.717, 1.165) is 12.0 Å². The van der Waals surface area contributed by atoms with Crippen molar-refractivity contribution in [3.05, 3.63) is 54.0 Å². The Balaban J connectivity index is 1.53. The summed E-state index contributed by atoms with van der Waals surface area (Å²) in [5, 5.41) is 3.82. The second kappa shape index (κ2) is 7.79. The molecule has 27 heavy (non-hydrogen) atoms. The highest BCUT2D eigenvalue weighted by atomic mass is 19.3. The van der Waals surface area contributed by atoms with Crippen LogP contribution in [0.25, 0.3) is 10.9 Å². The van der Waals surface area contributed by atoms with Crippen LogP contribution in [0.3, 0.4) is 0 Å². The van der Waals surface area contributed by atoms with Gasteiger partial charge in [0.15, 0.2) is 5.82 Å². The number of halogens is 2. The van der Waals surface area contributed by atoms with Crippen molar-refractivity contribution in [2.24, 2.45) is 0 Å². The molecule has 140 valence electrons. The Bertz CT molecular complexity index is 932. The highest BCUT2D eigenvalue weighted by Crippen LogP contribution is 2.25. The average molecular weight is 372 g/mol. The molecule has 0 amide bonds. The van der Waals surface area contributed by atoms with Gasteiger partial charge in [-0.3, -0.25) is 0 Å². The molecule has 0 spiro atoms. The van der Waals surface area contributed by atoms with E-state index < -0.39 is 12.2 Å². The maximum atomic E-state index is 13.1. The molecule has 1 saturated heterocycles. The summed E-state index contributed by atoms with van der Waals surface area (Å²) in [6, 6.07) is 10.7. The number of pyridine rings is 1. The van der Waals surface area contributed by atoms with E-state index in [0.29, 0.717) is 42.4 Å². The fraction of sp³-hybridized carbons (Fsp3) is 0.316. The van der Waals surface area contributed by atoms with Crippen LogP contribution < -0.4 is 10.1 Å². The molecular formula is C19H18F2N4O2. The van der Waals surface area contributed by atoms with Gasteiger partial charge in [0.25, 0.3) is 6.43 Å². The van der Waals surface area contributed by atoms with E-state index in [1.165, 1.54) is 0 Å². The van der Waals surface area contributed by atoms with E-state index in [4.69, 9.17) is 9.47 Å². The summed E-state index contributed by atoms with van der Waals surface area (Å²) < 4.78 is 37.3. The molecule has 8 heteroatoms. The molecule has 1 aliphatic rings. The van der Waals surface area contributed by atoms with Crippen LogP contribution in [0.2, 0.25) is 0 Å². The van der Waals surface area contributed by atoms with Crippen molar-refractivity contribution in [3.63, 3.8) is 0 Å². The van der Waals surface area contributed by atoms with Gasteiger partial charge in [-0.2, -0.15) is 0 Å². The quantitative estimate of drug-likeness (QED) is 0.711. The summed E-state index contributed by atoms with van der Waals surface area (Å²) in [6.45, 7) is 1.65. The molecule has 2 aromatic heterocycles. The maximum absolute atomic E-state index is 13.1. The monoisotopic (exact) mass is 372 g/mol.